The van der Waals surface area contributed by atoms with Crippen molar-refractivity contribution in [1.82, 2.24) is 15.5 Å². The van der Waals surface area contributed by atoms with Crippen LogP contribution in [0.25, 0.3) is 11.1 Å². The molecule has 2 aliphatic heterocycles. The highest BCUT2D eigenvalue weighted by Crippen LogP contribution is 2.33. The molecule has 180 valence electrons. The molecule has 7 nitrogen and oxygen atoms in total. The molecule has 1 fully saturated rings. The van der Waals surface area contributed by atoms with E-state index in [1.165, 1.54) is 0 Å². The Morgan fingerprint density at radius 2 is 1.71 bits per heavy atom. The summed E-state index contributed by atoms with van der Waals surface area (Å²) in [4.78, 5) is 27.0. The number of urea groups is 1. The molecule has 2 heterocycles. The quantitative estimate of drug-likeness (QED) is 0.428. The summed E-state index contributed by atoms with van der Waals surface area (Å²) < 4.78 is 51.8. The molecule has 0 aromatic heterocycles. The van der Waals surface area contributed by atoms with E-state index in [2.05, 4.69) is 10.6 Å². The number of rotatable bonds is 5. The summed E-state index contributed by atoms with van der Waals surface area (Å²) in [6.45, 7) is 0.737. The van der Waals surface area contributed by atoms with E-state index in [1.807, 2.05) is 17.0 Å². The summed E-state index contributed by atoms with van der Waals surface area (Å²) in [5, 5.41) is 5.00. The maximum Gasteiger partial charge on any atom is 0.322 e. The van der Waals surface area contributed by atoms with Gasteiger partial charge in [0.05, 0.1) is 7.11 Å². The van der Waals surface area contributed by atoms with Gasteiger partial charge in [0.25, 0.3) is 5.91 Å². The van der Waals surface area contributed by atoms with Gasteiger partial charge in [-0.15, -0.1) is 0 Å². The molecule has 35 heavy (non-hydrogen) atoms. The average Bonchev–Trinajstić information content (AvgIpc) is 3.15. The zero-order valence-electron chi connectivity index (χ0n) is 18.5. The van der Waals surface area contributed by atoms with Gasteiger partial charge in [0.1, 0.15) is 18.2 Å². The third-order valence-corrected chi connectivity index (χ3v) is 6.16. The summed E-state index contributed by atoms with van der Waals surface area (Å²) in [6.07, 6.45) is 0. The molecule has 10 heteroatoms. The first-order valence-electron chi connectivity index (χ1n) is 10.7. The van der Waals surface area contributed by atoms with Crippen molar-refractivity contribution >= 4 is 11.9 Å². The number of hydrogen-bond donors (Lipinski definition) is 2. The molecule has 5 rings (SSSR count). The van der Waals surface area contributed by atoms with E-state index in [0.717, 1.165) is 17.7 Å². The highest BCUT2D eigenvalue weighted by atomic mass is 19.2. The number of methoxy groups -OCH3 is 1. The van der Waals surface area contributed by atoms with Gasteiger partial charge in [0.15, 0.2) is 23.0 Å². The molecule has 0 bridgehead atoms. The molecule has 0 radical (unpaired) electrons. The molecule has 3 aromatic carbocycles. The fourth-order valence-electron chi connectivity index (χ4n) is 4.40. The Morgan fingerprint density at radius 1 is 1.00 bits per heavy atom. The average molecular weight is 483 g/mol. The number of carbonyl (C=O) groups excluding carboxylic acids is 2. The Bertz CT molecular complexity index is 1310. The Balaban J connectivity index is 1.45. The lowest BCUT2D eigenvalue weighted by Crippen LogP contribution is -2.53. The normalized spacial score (nSPS) is 19.5. The lowest BCUT2D eigenvalue weighted by molar-refractivity contribution is -0.125. The third kappa shape index (κ3) is 4.06. The van der Waals surface area contributed by atoms with Gasteiger partial charge in [-0.05, 0) is 47.0 Å². The summed E-state index contributed by atoms with van der Waals surface area (Å²) in [6, 6.07) is 12.9. The first-order valence-corrected chi connectivity index (χ1v) is 10.7. The van der Waals surface area contributed by atoms with Crippen LogP contribution < -0.4 is 20.1 Å². The summed E-state index contributed by atoms with van der Waals surface area (Å²) in [5.41, 5.74) is 0.454. The van der Waals surface area contributed by atoms with Gasteiger partial charge in [0.2, 0.25) is 0 Å². The minimum Gasteiger partial charge on any atom is -0.497 e. The summed E-state index contributed by atoms with van der Waals surface area (Å²) in [5.74, 6) is -3.31. The number of halogens is 3. The number of imide groups is 1. The molecule has 3 aromatic rings. The minimum atomic E-state index is -1.54. The van der Waals surface area contributed by atoms with Crippen molar-refractivity contribution in [2.24, 2.45) is 0 Å². The summed E-state index contributed by atoms with van der Waals surface area (Å²) in [7, 11) is 1.56. The van der Waals surface area contributed by atoms with Gasteiger partial charge in [-0.3, -0.25) is 15.0 Å². The van der Waals surface area contributed by atoms with Gasteiger partial charge >= 0.3 is 6.03 Å². The van der Waals surface area contributed by atoms with Crippen LogP contribution in [0.5, 0.6) is 11.5 Å². The van der Waals surface area contributed by atoms with E-state index < -0.39 is 34.9 Å². The summed E-state index contributed by atoms with van der Waals surface area (Å²) >= 11 is 0. The fraction of sp³-hybridized carbons (Fsp3) is 0.200. The number of nitrogens with zero attached hydrogens (tertiary/aromatic N) is 1. The largest absolute Gasteiger partial charge is 0.497 e. The van der Waals surface area contributed by atoms with E-state index >= 15 is 0 Å². The van der Waals surface area contributed by atoms with E-state index in [9.17, 15) is 22.8 Å². The number of nitrogens with one attached hydrogen (secondary N) is 2. The van der Waals surface area contributed by atoms with Gasteiger partial charge < -0.3 is 14.8 Å². The fourth-order valence-corrected chi connectivity index (χ4v) is 4.40. The maximum atomic E-state index is 13.7. The Morgan fingerprint density at radius 3 is 2.34 bits per heavy atom. The standard InChI is InChI=1S/C25H20F3N3O4/c1-34-18-6-7-21-16(8-18)11-31(13-35-21)12-25(23(32)29-24(33)30-25)17-4-2-14(3-5-17)15-9-19(26)22(28)20(27)10-15/h2-10H,11-13H2,1H3,(H2,29,30,32,33). The molecular formula is C25H20F3N3O4. The topological polar surface area (TPSA) is 79.9 Å². The SMILES string of the molecule is COc1ccc2c(c1)CN(CC1(c3ccc(-c4cc(F)c(F)c(F)c4)cc3)NC(=O)NC1=O)CO2. The van der Waals surface area contributed by atoms with Crippen LogP contribution in [-0.2, 0) is 16.9 Å². The van der Waals surface area contributed by atoms with Crippen molar-refractivity contribution in [2.45, 2.75) is 12.1 Å². The number of fused-ring (bicyclic) bond motifs is 1. The van der Waals surface area contributed by atoms with Crippen molar-refractivity contribution in [3.8, 4) is 22.6 Å². The first kappa shape index (κ1) is 22.7. The molecule has 1 atom stereocenters. The molecule has 2 N–H and O–H groups in total. The Hall–Kier alpha value is -4.05. The smallest absolute Gasteiger partial charge is 0.322 e. The van der Waals surface area contributed by atoms with Crippen LogP contribution >= 0.6 is 0 Å². The minimum absolute atomic E-state index is 0.0976. The zero-order chi connectivity index (χ0) is 24.7. The van der Waals surface area contributed by atoms with Crippen LogP contribution in [0.4, 0.5) is 18.0 Å². The zero-order valence-corrected chi connectivity index (χ0v) is 18.5. The van der Waals surface area contributed by atoms with E-state index in [-0.39, 0.29) is 18.8 Å². The lowest BCUT2D eigenvalue weighted by Gasteiger charge is -2.36. The van der Waals surface area contributed by atoms with Gasteiger partial charge in [-0.25, -0.2) is 18.0 Å². The van der Waals surface area contributed by atoms with Gasteiger partial charge in [-0.2, -0.15) is 0 Å². The number of carbonyl (C=O) groups is 2. The van der Waals surface area contributed by atoms with Crippen molar-refractivity contribution in [3.05, 3.63) is 83.2 Å². The van der Waals surface area contributed by atoms with Crippen LogP contribution in [0.15, 0.2) is 54.6 Å². The molecule has 1 saturated heterocycles. The molecule has 2 aliphatic rings. The number of ether oxygens (including phenoxy) is 2. The van der Waals surface area contributed by atoms with E-state index in [1.54, 1.807) is 37.4 Å². The molecule has 0 saturated carbocycles. The predicted octanol–water partition coefficient (Wildman–Crippen LogP) is 3.67. The molecule has 1 unspecified atom stereocenters. The Labute approximate surface area is 198 Å². The second kappa shape index (κ2) is 8.62. The van der Waals surface area contributed by atoms with E-state index in [0.29, 0.717) is 29.2 Å². The molecule has 0 aliphatic carbocycles. The predicted molar refractivity (Wildman–Crippen MR) is 119 cm³/mol. The van der Waals surface area contributed by atoms with Crippen molar-refractivity contribution < 1.29 is 32.2 Å². The maximum absolute atomic E-state index is 13.7. The van der Waals surface area contributed by atoms with Crippen LogP contribution in [0.3, 0.4) is 0 Å². The highest BCUT2D eigenvalue weighted by molar-refractivity contribution is 6.07. The second-order valence-electron chi connectivity index (χ2n) is 8.38. The van der Waals surface area contributed by atoms with Crippen molar-refractivity contribution in [1.29, 1.82) is 0 Å². The van der Waals surface area contributed by atoms with Crippen LogP contribution in [0, 0.1) is 17.5 Å². The number of hydrogen-bond acceptors (Lipinski definition) is 5. The molecular weight excluding hydrogens is 463 g/mol. The van der Waals surface area contributed by atoms with E-state index in [4.69, 9.17) is 9.47 Å². The van der Waals surface area contributed by atoms with Crippen LogP contribution in [0.1, 0.15) is 11.1 Å². The first-order chi connectivity index (χ1) is 16.8. The monoisotopic (exact) mass is 483 g/mol. The number of amides is 3. The Kier molecular flexibility index (Phi) is 5.60. The highest BCUT2D eigenvalue weighted by Gasteiger charge is 2.49. The molecule has 3 amide bonds. The van der Waals surface area contributed by atoms with Gasteiger partial charge in [-0.1, -0.05) is 24.3 Å². The molecule has 0 spiro atoms. The van der Waals surface area contributed by atoms with Crippen LogP contribution in [-0.4, -0.2) is 37.2 Å². The number of benzene rings is 3. The van der Waals surface area contributed by atoms with Gasteiger partial charge in [0, 0.05) is 18.7 Å². The second-order valence-corrected chi connectivity index (χ2v) is 8.38. The lowest BCUT2D eigenvalue weighted by atomic mass is 9.87. The van der Waals surface area contributed by atoms with Crippen LogP contribution in [0.2, 0.25) is 0 Å². The van der Waals surface area contributed by atoms with Crippen molar-refractivity contribution in [2.75, 3.05) is 20.4 Å². The third-order valence-electron chi connectivity index (χ3n) is 6.16. The van der Waals surface area contributed by atoms with Crippen molar-refractivity contribution in [3.63, 3.8) is 0 Å².